The standard InChI is InChI=1S/C9H22N2O6P2S/c12-18(13,14)9(19(15,16)17)11-8-4-7(2-1-3-20)5-10-6-8/h7-11,20H,1-6H2,(H2,12,13,14)(H2,15,16,17). The Kier molecular flexibility index (Phi) is 7.19. The monoisotopic (exact) mass is 348 g/mol. The van der Waals surface area contributed by atoms with Crippen molar-refractivity contribution in [2.24, 2.45) is 5.92 Å². The van der Waals surface area contributed by atoms with Crippen molar-refractivity contribution in [2.75, 3.05) is 18.8 Å². The molecule has 1 saturated heterocycles. The lowest BCUT2D eigenvalue weighted by molar-refractivity contribution is 0.270. The molecule has 2 atom stereocenters. The minimum Gasteiger partial charge on any atom is -0.323 e. The normalized spacial score (nSPS) is 25.1. The molecule has 1 rings (SSSR count). The van der Waals surface area contributed by atoms with E-state index in [1.165, 1.54) is 0 Å². The van der Waals surface area contributed by atoms with E-state index in [-0.39, 0.29) is 6.04 Å². The van der Waals surface area contributed by atoms with Gasteiger partial charge in [-0.25, -0.2) is 0 Å². The highest BCUT2D eigenvalue weighted by Gasteiger charge is 2.44. The van der Waals surface area contributed by atoms with Gasteiger partial charge in [0.15, 0.2) is 0 Å². The average molecular weight is 348 g/mol. The lowest BCUT2D eigenvalue weighted by Gasteiger charge is -2.33. The molecule has 0 spiro atoms. The Morgan fingerprint density at radius 1 is 1.20 bits per heavy atom. The first kappa shape index (κ1) is 18.6. The first-order chi connectivity index (χ1) is 9.14. The third-order valence-electron chi connectivity index (χ3n) is 3.23. The van der Waals surface area contributed by atoms with E-state index in [0.717, 1.165) is 25.1 Å². The van der Waals surface area contributed by atoms with Crippen LogP contribution in [-0.2, 0) is 9.13 Å². The maximum atomic E-state index is 11.2. The molecule has 1 aliphatic rings. The highest BCUT2D eigenvalue weighted by atomic mass is 32.1. The van der Waals surface area contributed by atoms with Gasteiger partial charge in [0.2, 0.25) is 5.52 Å². The van der Waals surface area contributed by atoms with Crippen LogP contribution in [0.3, 0.4) is 0 Å². The third kappa shape index (κ3) is 6.13. The van der Waals surface area contributed by atoms with Gasteiger partial charge >= 0.3 is 15.2 Å². The second-order valence-electron chi connectivity index (χ2n) is 5.04. The van der Waals surface area contributed by atoms with E-state index in [1.807, 2.05) is 0 Å². The highest BCUT2D eigenvalue weighted by molar-refractivity contribution is 7.80. The van der Waals surface area contributed by atoms with Gasteiger partial charge in [0.1, 0.15) is 0 Å². The van der Waals surface area contributed by atoms with Gasteiger partial charge in [0, 0.05) is 12.6 Å². The zero-order valence-electron chi connectivity index (χ0n) is 10.9. The van der Waals surface area contributed by atoms with Crippen LogP contribution < -0.4 is 10.6 Å². The number of rotatable bonds is 7. The molecule has 1 aliphatic heterocycles. The van der Waals surface area contributed by atoms with Gasteiger partial charge in [-0.15, -0.1) is 0 Å². The summed E-state index contributed by atoms with van der Waals surface area (Å²) in [6.45, 7) is 1.22. The third-order valence-corrected chi connectivity index (χ3v) is 6.93. The Bertz CT molecular complexity index is 378. The van der Waals surface area contributed by atoms with Crippen molar-refractivity contribution in [2.45, 2.75) is 30.8 Å². The number of hydrogen-bond donors (Lipinski definition) is 7. The molecule has 11 heteroatoms. The molecule has 1 fully saturated rings. The van der Waals surface area contributed by atoms with Gasteiger partial charge in [-0.2, -0.15) is 12.6 Å². The predicted molar refractivity (Wildman–Crippen MR) is 78.9 cm³/mol. The van der Waals surface area contributed by atoms with Crippen LogP contribution in [0.15, 0.2) is 0 Å². The molecule has 8 nitrogen and oxygen atoms in total. The predicted octanol–water partition coefficient (Wildman–Crippen LogP) is -0.0969. The van der Waals surface area contributed by atoms with Crippen molar-refractivity contribution in [3.63, 3.8) is 0 Å². The lowest BCUT2D eigenvalue weighted by atomic mass is 9.92. The minimum absolute atomic E-state index is 0.308. The Balaban J connectivity index is 2.65. The Hall–Kier alpha value is 0.570. The number of thiol groups is 1. The Morgan fingerprint density at radius 2 is 1.80 bits per heavy atom. The molecule has 20 heavy (non-hydrogen) atoms. The van der Waals surface area contributed by atoms with E-state index in [2.05, 4.69) is 23.3 Å². The average Bonchev–Trinajstić information content (AvgIpc) is 2.31. The smallest absolute Gasteiger partial charge is 0.323 e. The van der Waals surface area contributed by atoms with E-state index in [0.29, 0.717) is 18.9 Å². The summed E-state index contributed by atoms with van der Waals surface area (Å²) >= 11 is 4.13. The van der Waals surface area contributed by atoms with Gasteiger partial charge in [0.05, 0.1) is 0 Å². The van der Waals surface area contributed by atoms with Crippen molar-refractivity contribution in [1.82, 2.24) is 10.6 Å². The second-order valence-corrected chi connectivity index (χ2v) is 9.28. The summed E-state index contributed by atoms with van der Waals surface area (Å²) in [5, 5.41) is 5.54. The van der Waals surface area contributed by atoms with Crippen molar-refractivity contribution in [3.05, 3.63) is 0 Å². The summed E-state index contributed by atoms with van der Waals surface area (Å²) < 4.78 is 22.4. The number of hydrogen-bond acceptors (Lipinski definition) is 5. The van der Waals surface area contributed by atoms with Crippen LogP contribution >= 0.6 is 27.8 Å². The van der Waals surface area contributed by atoms with Gasteiger partial charge in [-0.1, -0.05) is 0 Å². The molecule has 120 valence electrons. The molecule has 0 saturated carbocycles. The topological polar surface area (TPSA) is 139 Å². The van der Waals surface area contributed by atoms with Crippen LogP contribution in [0.1, 0.15) is 19.3 Å². The maximum absolute atomic E-state index is 11.2. The van der Waals surface area contributed by atoms with Crippen molar-refractivity contribution in [1.29, 1.82) is 0 Å². The summed E-state index contributed by atoms with van der Waals surface area (Å²) in [5.41, 5.74) is -2.13. The van der Waals surface area contributed by atoms with Crippen molar-refractivity contribution in [3.8, 4) is 0 Å². The zero-order chi connectivity index (χ0) is 15.4. The molecule has 6 N–H and O–H groups in total. The van der Waals surface area contributed by atoms with E-state index >= 15 is 0 Å². The lowest BCUT2D eigenvalue weighted by Crippen LogP contribution is -2.50. The molecule has 1 heterocycles. The first-order valence-corrected chi connectivity index (χ1v) is 10.3. The fourth-order valence-electron chi connectivity index (χ4n) is 2.36. The zero-order valence-corrected chi connectivity index (χ0v) is 13.6. The van der Waals surface area contributed by atoms with Crippen molar-refractivity contribution < 1.29 is 28.7 Å². The van der Waals surface area contributed by atoms with Gasteiger partial charge in [-0.3, -0.25) is 14.4 Å². The van der Waals surface area contributed by atoms with Crippen LogP contribution in [0.2, 0.25) is 0 Å². The molecule has 0 aliphatic carbocycles. The minimum atomic E-state index is -4.92. The van der Waals surface area contributed by atoms with Crippen LogP contribution in [0.5, 0.6) is 0 Å². The molecule has 0 radical (unpaired) electrons. The van der Waals surface area contributed by atoms with Gasteiger partial charge in [-0.05, 0) is 37.5 Å². The molecule has 0 aromatic heterocycles. The second kappa shape index (κ2) is 7.72. The Labute approximate surface area is 123 Å². The molecule has 2 unspecified atom stereocenters. The van der Waals surface area contributed by atoms with E-state index < -0.39 is 20.7 Å². The summed E-state index contributed by atoms with van der Waals surface area (Å²) in [7, 11) is -9.84. The molecule has 0 aromatic rings. The van der Waals surface area contributed by atoms with E-state index in [9.17, 15) is 9.13 Å². The van der Waals surface area contributed by atoms with E-state index in [4.69, 9.17) is 19.6 Å². The van der Waals surface area contributed by atoms with Crippen LogP contribution in [-0.4, -0.2) is 50.0 Å². The fourth-order valence-corrected chi connectivity index (χ4v) is 4.92. The first-order valence-electron chi connectivity index (χ1n) is 6.32. The van der Waals surface area contributed by atoms with E-state index in [1.54, 1.807) is 0 Å². The maximum Gasteiger partial charge on any atom is 0.354 e. The van der Waals surface area contributed by atoms with Gasteiger partial charge in [0.25, 0.3) is 0 Å². The molecule has 0 amide bonds. The van der Waals surface area contributed by atoms with Gasteiger partial charge < -0.3 is 24.9 Å². The molecular weight excluding hydrogens is 326 g/mol. The summed E-state index contributed by atoms with van der Waals surface area (Å²) in [6.07, 6.45) is 2.48. The quantitative estimate of drug-likeness (QED) is 0.250. The Morgan fingerprint density at radius 3 is 2.30 bits per heavy atom. The summed E-state index contributed by atoms with van der Waals surface area (Å²) in [5.74, 6) is 1.07. The molecule has 0 aromatic carbocycles. The summed E-state index contributed by atoms with van der Waals surface area (Å²) in [4.78, 5) is 36.3. The highest BCUT2D eigenvalue weighted by Crippen LogP contribution is 2.58. The van der Waals surface area contributed by atoms with Crippen molar-refractivity contribution >= 4 is 27.8 Å². The largest absolute Gasteiger partial charge is 0.354 e. The molecule has 0 bridgehead atoms. The molecular formula is C9H22N2O6P2S. The summed E-state index contributed by atoms with van der Waals surface area (Å²) in [6, 6.07) is -0.376. The number of piperidine rings is 1. The van der Waals surface area contributed by atoms with Crippen LogP contribution in [0.25, 0.3) is 0 Å². The SMILES string of the molecule is O=P(O)(O)C(NC1CNCC(CCCS)C1)P(=O)(O)O. The van der Waals surface area contributed by atoms with Crippen LogP contribution in [0, 0.1) is 5.92 Å². The van der Waals surface area contributed by atoms with Crippen LogP contribution in [0.4, 0.5) is 0 Å². The number of nitrogens with one attached hydrogen (secondary N) is 2. The fraction of sp³-hybridized carbons (Fsp3) is 1.00.